The van der Waals surface area contributed by atoms with E-state index in [9.17, 15) is 103 Å². The molecule has 530 valence electrons. The van der Waals surface area contributed by atoms with Gasteiger partial charge in [-0.1, -0.05) is 15.1 Å². The van der Waals surface area contributed by atoms with Crippen LogP contribution in [-0.2, 0) is 88.8 Å². The van der Waals surface area contributed by atoms with Crippen LogP contribution in [0, 0.1) is 10.1 Å². The number of benzene rings is 9. The van der Waals surface area contributed by atoms with Crippen LogP contribution in [0.3, 0.4) is 0 Å². The highest BCUT2D eigenvalue weighted by molar-refractivity contribution is 7.95. The molecule has 0 unspecified atom stereocenters. The predicted molar refractivity (Wildman–Crippen MR) is 339 cm³/mol. The molecule has 9 aromatic rings. The highest BCUT2D eigenvalue weighted by atomic mass is 32.2. The van der Waals surface area contributed by atoms with Gasteiger partial charge in [-0.05, 0) is 103 Å². The summed E-state index contributed by atoms with van der Waals surface area (Å²) in [6, 6.07) is 15.5. The SMILES string of the molecule is Nc1c(N=Nc2ccc3c(O)c(N=Nc4ccc5c(O)c(N=Nc6ccc(N=Nc7ccc(S(=O)(=O)O)cc7)cc6SOOO)c(S(=O)(=O)O)cc5c4S(=O)(=O)O)c(S(=O)(=O)O)cc3c2S(=O)(=O)O)cc(S(=O)(=O)O)c2cc(SOOO)c(N=Nc3ccc(SOOO)cc3[N+](=O)[O-])c(O)c12. The van der Waals surface area contributed by atoms with E-state index in [1.807, 2.05) is 0 Å². The summed E-state index contributed by atoms with van der Waals surface area (Å²) in [6.45, 7) is 0. The van der Waals surface area contributed by atoms with Crippen molar-refractivity contribution in [3.05, 3.63) is 119 Å². The molecule has 9 rings (SSSR count). The molecule has 0 aliphatic heterocycles. The van der Waals surface area contributed by atoms with Gasteiger partial charge in [-0.15, -0.1) is 53.9 Å². The third-order valence-electron chi connectivity index (χ3n) is 13.0. The maximum atomic E-state index is 13.3. The van der Waals surface area contributed by atoms with Crippen LogP contribution in [0.4, 0.5) is 68.2 Å². The smallest absolute Gasteiger partial charge is 0.297 e. The standard InChI is InChI=1S/C48H32N12O32S9/c49-40-32(18-36(97(72,73)74)27-15-35(95-92-89-68)41(46(63)39(27)40)57-52-28-10-4-21(93-90-87-66)14-33(28)60(64)65)56-54-30-11-7-23-25(47(30)100(81,82)83)16-38(99(78,79)80)43(45(23)62)59-55-31-12-8-24-26(48(31)101(84,85)86)17-37(98(75,76)77)42(44(24)61)58-53-29-9-3-20(13-34(29)94-91-88-67)51-50-19-1-5-22(6-2-19)96(69,70)71/h1-18,61-63,66-68H,49H2,(H,69,70,71)(H,72,73,74)(H,75,76,77)(H,78,79,80)(H,81,82,83)(H,84,85,86). The summed E-state index contributed by atoms with van der Waals surface area (Å²) in [6.07, 6.45) is 0. The van der Waals surface area contributed by atoms with E-state index in [1.165, 1.54) is 18.2 Å². The molecule has 0 aliphatic carbocycles. The largest absolute Gasteiger partial charge is 0.505 e. The Labute approximate surface area is 573 Å². The quantitative estimate of drug-likeness (QED) is 0.00455. The number of anilines is 1. The third-order valence-corrected chi connectivity index (χ3v) is 20.2. The maximum absolute atomic E-state index is 13.3. The summed E-state index contributed by atoms with van der Waals surface area (Å²) < 4.78 is 229. The van der Waals surface area contributed by atoms with Crippen molar-refractivity contribution in [3.8, 4) is 17.2 Å². The number of phenolic OH excluding ortho intramolecular Hbond substituents is 3. The molecule has 0 saturated heterocycles. The second-order valence-corrected chi connectivity index (χ2v) is 29.6. The van der Waals surface area contributed by atoms with Crippen molar-refractivity contribution in [2.75, 3.05) is 5.73 Å². The number of nitro benzene ring substituents is 1. The Bertz CT molecular complexity index is 5840. The van der Waals surface area contributed by atoms with Crippen LogP contribution in [0.2, 0.25) is 0 Å². The van der Waals surface area contributed by atoms with Gasteiger partial charge in [0.25, 0.3) is 66.4 Å². The monoisotopic (exact) mass is 1580 g/mol. The van der Waals surface area contributed by atoms with Gasteiger partial charge in [0, 0.05) is 37.9 Å². The number of aromatic hydroxyl groups is 3. The first-order valence-corrected chi connectivity index (χ1v) is 36.3. The molecule has 0 heterocycles. The summed E-state index contributed by atoms with van der Waals surface area (Å²) in [5, 5.41) is 116. The maximum Gasteiger partial charge on any atom is 0.297 e. The second-order valence-electron chi connectivity index (χ2n) is 19.0. The Kier molecular flexibility index (Phi) is 22.2. The molecule has 0 aliphatic rings. The van der Waals surface area contributed by atoms with E-state index in [0.717, 1.165) is 60.7 Å². The molecule has 0 atom stereocenters. The van der Waals surface area contributed by atoms with Crippen molar-refractivity contribution < 1.29 is 142 Å². The molecule has 0 spiro atoms. The highest BCUT2D eigenvalue weighted by Gasteiger charge is 2.32. The molecule has 0 fully saturated rings. The molecule has 14 N–H and O–H groups in total. The molecule has 0 bridgehead atoms. The lowest BCUT2D eigenvalue weighted by molar-refractivity contribution is -0.432. The van der Waals surface area contributed by atoms with Gasteiger partial charge in [-0.3, -0.25) is 37.4 Å². The minimum atomic E-state index is -5.86. The molecule has 0 radical (unpaired) electrons. The fourth-order valence-corrected chi connectivity index (χ4v) is 14.4. The average molecular weight is 1580 g/mol. The van der Waals surface area contributed by atoms with E-state index < -0.39 is 201 Å². The lowest BCUT2D eigenvalue weighted by Crippen LogP contribution is -2.04. The van der Waals surface area contributed by atoms with Crippen LogP contribution in [0.5, 0.6) is 17.2 Å². The second kappa shape index (κ2) is 29.6. The van der Waals surface area contributed by atoms with Crippen molar-refractivity contribution in [1.82, 2.24) is 0 Å². The first-order chi connectivity index (χ1) is 47.3. The number of azo groups is 5. The Hall–Kier alpha value is -9.49. The molecule has 0 amide bonds. The van der Waals surface area contributed by atoms with E-state index in [0.29, 0.717) is 36.3 Å². The van der Waals surface area contributed by atoms with Gasteiger partial charge in [0.05, 0.1) is 78.2 Å². The number of nitrogens with zero attached hydrogens (tertiary/aromatic N) is 11. The van der Waals surface area contributed by atoms with Crippen LogP contribution in [0.1, 0.15) is 0 Å². The summed E-state index contributed by atoms with van der Waals surface area (Å²) in [4.78, 5) is 2.59. The van der Waals surface area contributed by atoms with E-state index in [2.05, 4.69) is 79.3 Å². The van der Waals surface area contributed by atoms with Crippen molar-refractivity contribution in [1.29, 1.82) is 0 Å². The van der Waals surface area contributed by atoms with Gasteiger partial charge < -0.3 is 21.1 Å². The molecule has 0 saturated carbocycles. The van der Waals surface area contributed by atoms with Crippen LogP contribution in [0.15, 0.2) is 204 Å². The van der Waals surface area contributed by atoms with Crippen LogP contribution >= 0.6 is 36.1 Å². The highest BCUT2D eigenvalue weighted by Crippen LogP contribution is 2.53. The fourth-order valence-electron chi connectivity index (χ4n) is 8.89. The Morgan fingerprint density at radius 2 is 0.822 bits per heavy atom. The zero-order valence-corrected chi connectivity index (χ0v) is 55.4. The minimum Gasteiger partial charge on any atom is -0.505 e. The molecular weight excluding hydrogens is 1550 g/mol. The zero-order chi connectivity index (χ0) is 74.1. The number of rotatable bonds is 26. The molecule has 53 heteroatoms. The molecule has 44 nitrogen and oxygen atoms in total. The summed E-state index contributed by atoms with van der Waals surface area (Å²) >= 11 is 0.538. The molecular formula is C48H32N12O32S9. The zero-order valence-electron chi connectivity index (χ0n) is 48.1. The van der Waals surface area contributed by atoms with E-state index >= 15 is 0 Å². The summed E-state index contributed by atoms with van der Waals surface area (Å²) in [7, 11) is -33.2. The van der Waals surface area contributed by atoms with Gasteiger partial charge in [0.2, 0.25) is 0 Å². The van der Waals surface area contributed by atoms with Crippen LogP contribution < -0.4 is 5.73 Å². The lowest BCUT2D eigenvalue weighted by atomic mass is 10.0. The molecule has 101 heavy (non-hydrogen) atoms. The molecule has 0 aromatic heterocycles. The number of hydrogen-bond acceptors (Lipinski definition) is 40. The van der Waals surface area contributed by atoms with Gasteiger partial charge in [0.1, 0.15) is 64.3 Å². The van der Waals surface area contributed by atoms with Crippen LogP contribution in [0.25, 0.3) is 32.3 Å². The first-order valence-electron chi connectivity index (χ1n) is 25.4. The van der Waals surface area contributed by atoms with E-state index in [4.69, 9.17) is 21.5 Å². The van der Waals surface area contributed by atoms with Crippen molar-refractivity contribution in [2.45, 2.75) is 44.1 Å². The van der Waals surface area contributed by atoms with Crippen molar-refractivity contribution in [3.63, 3.8) is 0 Å². The number of nitro groups is 1. The van der Waals surface area contributed by atoms with E-state index in [1.54, 1.807) is 0 Å². The Balaban J connectivity index is 1.13. The van der Waals surface area contributed by atoms with Gasteiger partial charge in [-0.2, -0.15) is 60.7 Å². The van der Waals surface area contributed by atoms with Crippen molar-refractivity contribution >= 4 is 197 Å². The summed E-state index contributed by atoms with van der Waals surface area (Å²) in [5.74, 6) is -3.98. The molecule has 9 aromatic carbocycles. The third kappa shape index (κ3) is 16.8. The summed E-state index contributed by atoms with van der Waals surface area (Å²) in [5.41, 5.74) is -2.44. The number of nitrogens with two attached hydrogens (primary N) is 1. The minimum absolute atomic E-state index is 0.00208. The van der Waals surface area contributed by atoms with Crippen molar-refractivity contribution in [2.24, 2.45) is 51.1 Å². The van der Waals surface area contributed by atoms with Crippen LogP contribution in [-0.4, -0.2) is 114 Å². The first kappa shape index (κ1) is 75.7. The van der Waals surface area contributed by atoms with Gasteiger partial charge >= 0.3 is 0 Å². The number of phenols is 3. The fraction of sp³-hybridized carbons (Fsp3) is 0. The topological polar surface area (TPSA) is 696 Å². The predicted octanol–water partition coefficient (Wildman–Crippen LogP) is 12.6. The van der Waals surface area contributed by atoms with E-state index in [-0.39, 0.29) is 57.0 Å². The Morgan fingerprint density at radius 3 is 1.32 bits per heavy atom. The number of fused-ring (bicyclic) bond motifs is 3. The number of hydrogen-bond donors (Lipinski definition) is 13. The Morgan fingerprint density at radius 1 is 0.386 bits per heavy atom. The van der Waals surface area contributed by atoms with Gasteiger partial charge in [-0.25, -0.2) is 15.8 Å². The lowest BCUT2D eigenvalue weighted by Gasteiger charge is -2.15. The van der Waals surface area contributed by atoms with Gasteiger partial charge in [0.15, 0.2) is 22.9 Å². The normalized spacial score (nSPS) is 13.1. The number of nitrogen functional groups attached to an aromatic ring is 1. The average Bonchev–Trinajstić information content (AvgIpc) is 0.751.